The van der Waals surface area contributed by atoms with Gasteiger partial charge in [-0.05, 0) is 13.8 Å². The Morgan fingerprint density at radius 1 is 1.56 bits per heavy atom. The molecule has 0 fully saturated rings. The van der Waals surface area contributed by atoms with Crippen molar-refractivity contribution in [2.75, 3.05) is 0 Å². The predicted octanol–water partition coefficient (Wildman–Crippen LogP) is 1.23. The smallest absolute Gasteiger partial charge is 0.339 e. The van der Waals surface area contributed by atoms with Crippen LogP contribution in [-0.4, -0.2) is 26.0 Å². The topological polar surface area (TPSA) is 81.2 Å². The van der Waals surface area contributed by atoms with Gasteiger partial charge in [-0.25, -0.2) is 4.79 Å². The second-order valence-electron chi connectivity index (χ2n) is 3.54. The number of carboxylic acid groups (broad SMARTS) is 1. The molecule has 0 spiro atoms. The SMILES string of the molecule is Cc1cc(Cn2ncc(C(=O)O)c2C)no1. The second kappa shape index (κ2) is 3.80. The third-order valence-corrected chi connectivity index (χ3v) is 2.32. The third kappa shape index (κ3) is 1.81. The zero-order valence-electron chi connectivity index (χ0n) is 8.97. The maximum atomic E-state index is 10.8. The summed E-state index contributed by atoms with van der Waals surface area (Å²) in [6.45, 7) is 3.93. The summed E-state index contributed by atoms with van der Waals surface area (Å²) in [5.74, 6) is -0.252. The summed E-state index contributed by atoms with van der Waals surface area (Å²) < 4.78 is 6.51. The van der Waals surface area contributed by atoms with E-state index >= 15 is 0 Å². The lowest BCUT2D eigenvalue weighted by molar-refractivity contribution is 0.0696. The molecule has 0 aromatic carbocycles. The summed E-state index contributed by atoms with van der Waals surface area (Å²) in [6.07, 6.45) is 1.34. The molecular formula is C10H11N3O3. The van der Waals surface area contributed by atoms with Crippen molar-refractivity contribution < 1.29 is 14.4 Å². The van der Waals surface area contributed by atoms with Gasteiger partial charge in [0.2, 0.25) is 0 Å². The summed E-state index contributed by atoms with van der Waals surface area (Å²) in [4.78, 5) is 10.8. The zero-order chi connectivity index (χ0) is 11.7. The van der Waals surface area contributed by atoms with Crippen molar-refractivity contribution in [3.63, 3.8) is 0 Å². The van der Waals surface area contributed by atoms with Crippen LogP contribution in [0.3, 0.4) is 0 Å². The molecule has 0 unspecified atom stereocenters. The first-order valence-electron chi connectivity index (χ1n) is 4.76. The molecule has 2 aromatic heterocycles. The quantitative estimate of drug-likeness (QED) is 0.843. The van der Waals surface area contributed by atoms with E-state index in [-0.39, 0.29) is 5.56 Å². The summed E-state index contributed by atoms with van der Waals surface area (Å²) in [6, 6.07) is 1.79. The monoisotopic (exact) mass is 221 g/mol. The van der Waals surface area contributed by atoms with Crippen LogP contribution in [0, 0.1) is 13.8 Å². The molecule has 0 amide bonds. The van der Waals surface area contributed by atoms with Gasteiger partial charge in [0.1, 0.15) is 17.0 Å². The molecule has 2 rings (SSSR count). The average Bonchev–Trinajstić information content (AvgIpc) is 2.76. The first kappa shape index (κ1) is 10.4. The van der Waals surface area contributed by atoms with Crippen molar-refractivity contribution in [1.82, 2.24) is 14.9 Å². The van der Waals surface area contributed by atoms with Gasteiger partial charge in [0.15, 0.2) is 0 Å². The Kier molecular flexibility index (Phi) is 2.47. The number of hydrogen-bond donors (Lipinski definition) is 1. The lowest BCUT2D eigenvalue weighted by Gasteiger charge is -2.00. The van der Waals surface area contributed by atoms with E-state index in [0.29, 0.717) is 12.2 Å². The number of rotatable bonds is 3. The number of carboxylic acids is 1. The molecule has 0 bridgehead atoms. The highest BCUT2D eigenvalue weighted by Gasteiger charge is 2.13. The number of nitrogens with zero attached hydrogens (tertiary/aromatic N) is 3. The lowest BCUT2D eigenvalue weighted by Crippen LogP contribution is -2.06. The van der Waals surface area contributed by atoms with Gasteiger partial charge in [-0.3, -0.25) is 4.68 Å². The van der Waals surface area contributed by atoms with Crippen LogP contribution in [0.2, 0.25) is 0 Å². The number of carbonyl (C=O) groups is 1. The van der Waals surface area contributed by atoms with Crippen LogP contribution >= 0.6 is 0 Å². The molecule has 0 saturated heterocycles. The van der Waals surface area contributed by atoms with Crippen molar-refractivity contribution >= 4 is 5.97 Å². The maximum Gasteiger partial charge on any atom is 0.339 e. The van der Waals surface area contributed by atoms with Crippen LogP contribution in [0.5, 0.6) is 0 Å². The molecule has 2 aromatic rings. The van der Waals surface area contributed by atoms with Crippen molar-refractivity contribution in [3.05, 3.63) is 35.0 Å². The average molecular weight is 221 g/mol. The van der Waals surface area contributed by atoms with Gasteiger partial charge in [-0.15, -0.1) is 0 Å². The minimum Gasteiger partial charge on any atom is -0.478 e. The molecule has 6 heteroatoms. The summed E-state index contributed by atoms with van der Waals surface area (Å²) in [5, 5.41) is 16.7. The minimum absolute atomic E-state index is 0.209. The van der Waals surface area contributed by atoms with E-state index < -0.39 is 5.97 Å². The van der Waals surface area contributed by atoms with Crippen molar-refractivity contribution in [1.29, 1.82) is 0 Å². The number of aryl methyl sites for hydroxylation is 1. The van der Waals surface area contributed by atoms with Crippen molar-refractivity contribution in [2.45, 2.75) is 20.4 Å². The molecular weight excluding hydrogens is 210 g/mol. The van der Waals surface area contributed by atoms with E-state index in [1.165, 1.54) is 6.20 Å². The van der Waals surface area contributed by atoms with Crippen LogP contribution in [0.4, 0.5) is 0 Å². The molecule has 16 heavy (non-hydrogen) atoms. The number of hydrogen-bond acceptors (Lipinski definition) is 4. The van der Waals surface area contributed by atoms with E-state index in [1.807, 2.05) is 0 Å². The van der Waals surface area contributed by atoms with Gasteiger partial charge >= 0.3 is 5.97 Å². The normalized spacial score (nSPS) is 10.6. The fourth-order valence-corrected chi connectivity index (χ4v) is 1.46. The molecule has 0 aliphatic heterocycles. The Bertz CT molecular complexity index is 527. The molecule has 0 aliphatic carbocycles. The Balaban J connectivity index is 2.25. The summed E-state index contributed by atoms with van der Waals surface area (Å²) in [5.41, 5.74) is 1.54. The van der Waals surface area contributed by atoms with E-state index in [4.69, 9.17) is 9.63 Å². The van der Waals surface area contributed by atoms with E-state index in [9.17, 15) is 4.79 Å². The van der Waals surface area contributed by atoms with Crippen molar-refractivity contribution in [2.24, 2.45) is 0 Å². The lowest BCUT2D eigenvalue weighted by atomic mass is 10.2. The molecule has 0 aliphatic rings. The summed E-state index contributed by atoms with van der Waals surface area (Å²) in [7, 11) is 0. The van der Waals surface area contributed by atoms with Crippen LogP contribution in [0.1, 0.15) is 27.5 Å². The number of aromatic nitrogens is 3. The highest BCUT2D eigenvalue weighted by atomic mass is 16.5. The molecule has 6 nitrogen and oxygen atoms in total. The van der Waals surface area contributed by atoms with Gasteiger partial charge in [0.25, 0.3) is 0 Å². The maximum absolute atomic E-state index is 10.8. The predicted molar refractivity (Wildman–Crippen MR) is 54.3 cm³/mol. The Hall–Kier alpha value is -2.11. The zero-order valence-corrected chi connectivity index (χ0v) is 8.97. The molecule has 0 radical (unpaired) electrons. The Morgan fingerprint density at radius 2 is 2.31 bits per heavy atom. The van der Waals surface area contributed by atoms with Crippen molar-refractivity contribution in [3.8, 4) is 0 Å². The van der Waals surface area contributed by atoms with Gasteiger partial charge < -0.3 is 9.63 Å². The van der Waals surface area contributed by atoms with Gasteiger partial charge in [0, 0.05) is 6.07 Å². The molecule has 2 heterocycles. The fourth-order valence-electron chi connectivity index (χ4n) is 1.46. The van der Waals surface area contributed by atoms with Crippen LogP contribution < -0.4 is 0 Å². The number of aromatic carboxylic acids is 1. The molecule has 0 atom stereocenters. The standard InChI is InChI=1S/C10H11N3O3/c1-6-3-8(12-16-6)5-13-7(2)9(4-11-13)10(14)15/h3-4H,5H2,1-2H3,(H,14,15). The second-order valence-corrected chi connectivity index (χ2v) is 3.54. The molecule has 84 valence electrons. The Morgan fingerprint density at radius 3 is 2.81 bits per heavy atom. The fraction of sp³-hybridized carbons (Fsp3) is 0.300. The summed E-state index contributed by atoms with van der Waals surface area (Å²) >= 11 is 0. The van der Waals surface area contributed by atoms with Gasteiger partial charge in [0.05, 0.1) is 18.4 Å². The van der Waals surface area contributed by atoms with E-state index in [0.717, 1.165) is 11.5 Å². The van der Waals surface area contributed by atoms with Gasteiger partial charge in [-0.1, -0.05) is 5.16 Å². The first-order chi connectivity index (χ1) is 7.58. The Labute approximate surface area is 91.5 Å². The van der Waals surface area contributed by atoms with Crippen LogP contribution in [-0.2, 0) is 6.54 Å². The van der Waals surface area contributed by atoms with Gasteiger partial charge in [-0.2, -0.15) is 5.10 Å². The van der Waals surface area contributed by atoms with E-state index in [2.05, 4.69) is 10.3 Å². The largest absolute Gasteiger partial charge is 0.478 e. The third-order valence-electron chi connectivity index (χ3n) is 2.32. The molecule has 1 N–H and O–H groups in total. The molecule has 0 saturated carbocycles. The van der Waals surface area contributed by atoms with Crippen LogP contribution in [0.15, 0.2) is 16.8 Å². The van der Waals surface area contributed by atoms with Crippen LogP contribution in [0.25, 0.3) is 0 Å². The highest BCUT2D eigenvalue weighted by Crippen LogP contribution is 2.10. The minimum atomic E-state index is -0.972. The highest BCUT2D eigenvalue weighted by molar-refractivity contribution is 5.88. The van der Waals surface area contributed by atoms with E-state index in [1.54, 1.807) is 24.6 Å². The first-order valence-corrected chi connectivity index (χ1v) is 4.76.